The van der Waals surface area contributed by atoms with Gasteiger partial charge in [-0.05, 0) is 92.3 Å². The lowest BCUT2D eigenvalue weighted by Crippen LogP contribution is -2.36. The Morgan fingerprint density at radius 3 is 2.69 bits per heavy atom. The van der Waals surface area contributed by atoms with Gasteiger partial charge in [-0.15, -0.1) is 0 Å². The van der Waals surface area contributed by atoms with Crippen molar-refractivity contribution in [3.8, 4) is 0 Å². The molecular formula is C29H34N2O. The summed E-state index contributed by atoms with van der Waals surface area (Å²) in [5.74, 6) is 0.316. The van der Waals surface area contributed by atoms with Crippen LogP contribution in [-0.4, -0.2) is 18.2 Å². The molecule has 1 unspecified atom stereocenters. The molecule has 1 aliphatic carbocycles. The van der Waals surface area contributed by atoms with E-state index < -0.39 is 0 Å². The van der Waals surface area contributed by atoms with Crippen LogP contribution in [0.1, 0.15) is 67.7 Å². The van der Waals surface area contributed by atoms with Crippen molar-refractivity contribution < 1.29 is 4.79 Å². The first-order valence-electron chi connectivity index (χ1n) is 11.9. The van der Waals surface area contributed by atoms with E-state index in [-0.39, 0.29) is 11.8 Å². The standard InChI is InChI=1S/C29H34N2O/c1-21(24-12-5-4-6-13-24)18-29(32)31(20-26-15-9-7-11-23(3)30-26)27-17-22(2)28-16-10-8-14-25(28)19-27/h4-6,9,11-13,15,17,19,21H,7-8,10,14,16,18,20H2,1-3H3. The quantitative estimate of drug-likeness (QED) is 0.505. The van der Waals surface area contributed by atoms with E-state index in [1.54, 1.807) is 0 Å². The highest BCUT2D eigenvalue weighted by Crippen LogP contribution is 2.31. The first-order chi connectivity index (χ1) is 15.5. The van der Waals surface area contributed by atoms with Gasteiger partial charge in [0.25, 0.3) is 0 Å². The predicted octanol–water partition coefficient (Wildman–Crippen LogP) is 6.71. The van der Waals surface area contributed by atoms with Crippen molar-refractivity contribution >= 4 is 17.3 Å². The summed E-state index contributed by atoms with van der Waals surface area (Å²) < 4.78 is 0. The third kappa shape index (κ3) is 5.27. The monoisotopic (exact) mass is 426 g/mol. The van der Waals surface area contributed by atoms with Gasteiger partial charge < -0.3 is 4.90 Å². The molecule has 2 aliphatic rings. The normalized spacial score (nSPS) is 16.5. The largest absolute Gasteiger partial charge is 0.306 e. The minimum Gasteiger partial charge on any atom is -0.306 e. The molecule has 1 atom stereocenters. The van der Waals surface area contributed by atoms with Gasteiger partial charge in [0.2, 0.25) is 5.91 Å². The highest BCUT2D eigenvalue weighted by molar-refractivity contribution is 6.06. The lowest BCUT2D eigenvalue weighted by molar-refractivity contribution is -0.118. The maximum Gasteiger partial charge on any atom is 0.227 e. The van der Waals surface area contributed by atoms with Gasteiger partial charge in [-0.25, -0.2) is 0 Å². The molecule has 3 nitrogen and oxygen atoms in total. The van der Waals surface area contributed by atoms with Crippen molar-refractivity contribution in [3.63, 3.8) is 0 Å². The van der Waals surface area contributed by atoms with Crippen molar-refractivity contribution in [1.82, 2.24) is 0 Å². The number of rotatable bonds is 6. The van der Waals surface area contributed by atoms with E-state index in [1.807, 2.05) is 30.0 Å². The predicted molar refractivity (Wildman–Crippen MR) is 135 cm³/mol. The number of carbonyl (C=O) groups excluding carboxylic acids is 1. The second-order valence-electron chi connectivity index (χ2n) is 9.19. The fourth-order valence-corrected chi connectivity index (χ4v) is 4.82. The van der Waals surface area contributed by atoms with Crippen LogP contribution < -0.4 is 4.90 Å². The second-order valence-corrected chi connectivity index (χ2v) is 9.19. The average molecular weight is 427 g/mol. The first-order valence-corrected chi connectivity index (χ1v) is 11.9. The molecule has 0 saturated heterocycles. The molecule has 1 amide bonds. The first kappa shape index (κ1) is 22.3. The van der Waals surface area contributed by atoms with Crippen LogP contribution >= 0.6 is 0 Å². The lowest BCUT2D eigenvalue weighted by Gasteiger charge is -2.28. The van der Waals surface area contributed by atoms with Crippen LogP contribution in [0.3, 0.4) is 0 Å². The number of aryl methyl sites for hydroxylation is 2. The summed E-state index contributed by atoms with van der Waals surface area (Å²) >= 11 is 0. The minimum atomic E-state index is 0.151. The van der Waals surface area contributed by atoms with Crippen molar-refractivity contribution in [2.75, 3.05) is 11.4 Å². The van der Waals surface area contributed by atoms with Gasteiger partial charge in [0.15, 0.2) is 0 Å². The van der Waals surface area contributed by atoms with Crippen LogP contribution in [0.5, 0.6) is 0 Å². The molecule has 32 heavy (non-hydrogen) atoms. The Bertz CT molecular complexity index is 1060. The van der Waals surface area contributed by atoms with Crippen LogP contribution in [0.25, 0.3) is 0 Å². The SMILES string of the molecule is CC1=CCC=CC(CN(C(=O)CC(C)c2ccccc2)c2cc(C)c3c(c2)CCCC3)=N1. The smallest absolute Gasteiger partial charge is 0.227 e. The van der Waals surface area contributed by atoms with E-state index >= 15 is 0 Å². The van der Waals surface area contributed by atoms with Gasteiger partial charge in [0.1, 0.15) is 0 Å². The molecule has 0 radical (unpaired) electrons. The Balaban J connectivity index is 1.66. The molecule has 166 valence electrons. The Morgan fingerprint density at radius 2 is 1.88 bits per heavy atom. The number of benzene rings is 2. The van der Waals surface area contributed by atoms with Crippen molar-refractivity contribution in [2.24, 2.45) is 4.99 Å². The maximum absolute atomic E-state index is 13.7. The molecular weight excluding hydrogens is 392 g/mol. The molecule has 4 rings (SSSR count). The highest BCUT2D eigenvalue weighted by Gasteiger charge is 2.23. The zero-order chi connectivity index (χ0) is 22.5. The fourth-order valence-electron chi connectivity index (χ4n) is 4.82. The van der Waals surface area contributed by atoms with Gasteiger partial charge in [0.05, 0.1) is 12.3 Å². The van der Waals surface area contributed by atoms with Gasteiger partial charge in [-0.2, -0.15) is 0 Å². The van der Waals surface area contributed by atoms with Crippen molar-refractivity contribution in [1.29, 1.82) is 0 Å². The number of carbonyl (C=O) groups is 1. The van der Waals surface area contributed by atoms with E-state index in [1.165, 1.54) is 35.1 Å². The Hall–Kier alpha value is -2.94. The Kier molecular flexibility index (Phi) is 7.04. The van der Waals surface area contributed by atoms with E-state index in [2.05, 4.69) is 56.3 Å². The summed E-state index contributed by atoms with van der Waals surface area (Å²) in [5, 5.41) is 0. The van der Waals surface area contributed by atoms with Crippen molar-refractivity contribution in [2.45, 2.75) is 65.2 Å². The molecule has 1 aliphatic heterocycles. The summed E-state index contributed by atoms with van der Waals surface area (Å²) in [7, 11) is 0. The van der Waals surface area contributed by atoms with Gasteiger partial charge in [-0.3, -0.25) is 9.79 Å². The van der Waals surface area contributed by atoms with Gasteiger partial charge in [0, 0.05) is 17.8 Å². The average Bonchev–Trinajstić information content (AvgIpc) is 3.01. The third-order valence-electron chi connectivity index (χ3n) is 6.63. The highest BCUT2D eigenvalue weighted by atomic mass is 16.2. The zero-order valence-electron chi connectivity index (χ0n) is 19.6. The summed E-state index contributed by atoms with van der Waals surface area (Å²) in [5.41, 5.74) is 8.36. The molecule has 0 N–H and O–H groups in total. The summed E-state index contributed by atoms with van der Waals surface area (Å²) in [6.45, 7) is 6.86. The number of allylic oxidation sites excluding steroid dienone is 3. The van der Waals surface area contributed by atoms with E-state index in [0.29, 0.717) is 13.0 Å². The lowest BCUT2D eigenvalue weighted by atomic mass is 9.88. The van der Waals surface area contributed by atoms with Gasteiger partial charge in [-0.1, -0.05) is 49.4 Å². The summed E-state index contributed by atoms with van der Waals surface area (Å²) in [4.78, 5) is 20.4. The number of anilines is 1. The second kappa shape index (κ2) is 10.1. The Morgan fingerprint density at radius 1 is 1.09 bits per heavy atom. The van der Waals surface area contributed by atoms with Crippen LogP contribution in [0.4, 0.5) is 5.69 Å². The van der Waals surface area contributed by atoms with E-state index in [9.17, 15) is 4.79 Å². The number of aliphatic imine (C=N–C) groups is 1. The zero-order valence-corrected chi connectivity index (χ0v) is 19.6. The molecule has 1 heterocycles. The number of amides is 1. The van der Waals surface area contributed by atoms with E-state index in [0.717, 1.165) is 36.4 Å². The number of hydrogen-bond acceptors (Lipinski definition) is 2. The Labute approximate surface area is 192 Å². The third-order valence-corrected chi connectivity index (χ3v) is 6.63. The van der Waals surface area contributed by atoms with Crippen molar-refractivity contribution in [3.05, 3.63) is 88.6 Å². The minimum absolute atomic E-state index is 0.151. The fraction of sp³-hybridized carbons (Fsp3) is 0.379. The van der Waals surface area contributed by atoms with Gasteiger partial charge >= 0.3 is 0 Å². The molecule has 0 spiro atoms. The summed E-state index contributed by atoms with van der Waals surface area (Å²) in [6, 6.07) is 14.8. The molecule has 0 fully saturated rings. The molecule has 2 aromatic rings. The topological polar surface area (TPSA) is 32.7 Å². The van der Waals surface area contributed by atoms with Crippen LogP contribution in [-0.2, 0) is 17.6 Å². The maximum atomic E-state index is 13.7. The van der Waals surface area contributed by atoms with E-state index in [4.69, 9.17) is 4.99 Å². The molecule has 0 saturated carbocycles. The number of nitrogens with zero attached hydrogens (tertiary/aromatic N) is 2. The van der Waals surface area contributed by atoms with Crippen LogP contribution in [0.15, 0.2) is 71.4 Å². The van der Waals surface area contributed by atoms with Crippen LogP contribution in [0.2, 0.25) is 0 Å². The number of fused-ring (bicyclic) bond motifs is 1. The summed E-state index contributed by atoms with van der Waals surface area (Å²) in [6.07, 6.45) is 12.4. The molecule has 0 bridgehead atoms. The number of hydrogen-bond donors (Lipinski definition) is 0. The molecule has 0 aromatic heterocycles. The molecule has 2 aromatic carbocycles. The molecule has 3 heteroatoms. The van der Waals surface area contributed by atoms with Crippen LogP contribution in [0, 0.1) is 6.92 Å².